The van der Waals surface area contributed by atoms with Crippen LogP contribution in [0.5, 0.6) is 11.5 Å². The molecule has 0 aliphatic carbocycles. The number of benzene rings is 2. The van der Waals surface area contributed by atoms with Crippen LogP contribution in [0.25, 0.3) is 11.0 Å². The van der Waals surface area contributed by atoms with Crippen LogP contribution in [0.4, 0.5) is 0 Å². The molecule has 0 bridgehead atoms. The highest BCUT2D eigenvalue weighted by atomic mass is 16.5. The summed E-state index contributed by atoms with van der Waals surface area (Å²) >= 11 is 0. The second kappa shape index (κ2) is 8.92. The van der Waals surface area contributed by atoms with E-state index in [4.69, 9.17) is 18.6 Å². The van der Waals surface area contributed by atoms with Gasteiger partial charge in [-0.1, -0.05) is 30.3 Å². The van der Waals surface area contributed by atoms with E-state index < -0.39 is 11.4 Å². The van der Waals surface area contributed by atoms with Crippen LogP contribution < -0.4 is 14.8 Å². The van der Waals surface area contributed by atoms with E-state index in [0.29, 0.717) is 22.5 Å². The van der Waals surface area contributed by atoms with Crippen LogP contribution in [-0.2, 0) is 16.1 Å². The smallest absolute Gasteiger partial charge is 0.294 e. The molecule has 1 unspecified atom stereocenters. The Morgan fingerprint density at radius 2 is 1.91 bits per heavy atom. The molecule has 2 heterocycles. The Labute approximate surface area is 186 Å². The first-order chi connectivity index (χ1) is 15.5. The van der Waals surface area contributed by atoms with Gasteiger partial charge < -0.3 is 28.8 Å². The Bertz CT molecular complexity index is 1140. The summed E-state index contributed by atoms with van der Waals surface area (Å²) in [6, 6.07) is 14.7. The van der Waals surface area contributed by atoms with E-state index in [1.165, 1.54) is 4.90 Å². The van der Waals surface area contributed by atoms with Gasteiger partial charge in [0.25, 0.3) is 5.91 Å². The van der Waals surface area contributed by atoms with Crippen LogP contribution >= 0.6 is 0 Å². The number of hydrogen-bond acceptors (Lipinski definition) is 6. The summed E-state index contributed by atoms with van der Waals surface area (Å²) in [7, 11) is 3.13. The Morgan fingerprint density at radius 3 is 2.69 bits per heavy atom. The van der Waals surface area contributed by atoms with Gasteiger partial charge in [-0.15, -0.1) is 0 Å². The highest BCUT2D eigenvalue weighted by Gasteiger charge is 2.47. The largest absolute Gasteiger partial charge is 0.496 e. The van der Waals surface area contributed by atoms with E-state index in [-0.39, 0.29) is 38.0 Å². The van der Waals surface area contributed by atoms with Gasteiger partial charge in [0.1, 0.15) is 17.9 Å². The molecule has 0 saturated carbocycles. The standard InChI is InChI=1S/C24H26N2O6/c1-24(23(28)25-14-16-8-4-6-10-18(16)30-3)15-31-20-17-9-5-7-11-19(17)32-21(20)22(27)26(24)12-13-29-2/h4-11H,12-15H2,1-3H3,(H,25,28). The molecule has 3 aromatic rings. The molecule has 0 spiro atoms. The van der Waals surface area contributed by atoms with Gasteiger partial charge in [0.15, 0.2) is 11.3 Å². The number of fused-ring (bicyclic) bond motifs is 3. The van der Waals surface area contributed by atoms with Gasteiger partial charge in [-0.05, 0) is 25.1 Å². The second-order valence-corrected chi connectivity index (χ2v) is 7.76. The Kier molecular flexibility index (Phi) is 6.05. The quantitative estimate of drug-likeness (QED) is 0.610. The molecule has 0 radical (unpaired) electrons. The van der Waals surface area contributed by atoms with Gasteiger partial charge >= 0.3 is 0 Å². The third-order valence-electron chi connectivity index (χ3n) is 5.72. The summed E-state index contributed by atoms with van der Waals surface area (Å²) in [6.07, 6.45) is 0. The fourth-order valence-corrected chi connectivity index (χ4v) is 3.88. The minimum Gasteiger partial charge on any atom is -0.496 e. The van der Waals surface area contributed by atoms with Gasteiger partial charge in [0.05, 0.1) is 19.1 Å². The van der Waals surface area contributed by atoms with Gasteiger partial charge in [0.2, 0.25) is 11.7 Å². The molecule has 2 aromatic carbocycles. The third kappa shape index (κ3) is 3.78. The predicted octanol–water partition coefficient (Wildman–Crippen LogP) is 3.00. The number of hydrogen-bond donors (Lipinski definition) is 1. The van der Waals surface area contributed by atoms with Crippen molar-refractivity contribution >= 4 is 22.8 Å². The number of amides is 2. The Balaban J connectivity index is 1.64. The Morgan fingerprint density at radius 1 is 1.16 bits per heavy atom. The topological polar surface area (TPSA) is 90.2 Å². The van der Waals surface area contributed by atoms with Gasteiger partial charge in [-0.3, -0.25) is 9.59 Å². The van der Waals surface area contributed by atoms with Crippen LogP contribution in [0.3, 0.4) is 0 Å². The van der Waals surface area contributed by atoms with Crippen molar-refractivity contribution in [2.75, 3.05) is 34.0 Å². The fraction of sp³-hybridized carbons (Fsp3) is 0.333. The normalized spacial score (nSPS) is 18.1. The van der Waals surface area contributed by atoms with Crippen LogP contribution in [0.15, 0.2) is 52.9 Å². The molecule has 1 aliphatic rings. The molecule has 2 amide bonds. The van der Waals surface area contributed by atoms with Crippen LogP contribution in [0.2, 0.25) is 0 Å². The SMILES string of the molecule is COCCN1C(=O)c2oc3ccccc3c2OCC1(C)C(=O)NCc1ccccc1OC. The van der Waals surface area contributed by atoms with E-state index in [1.54, 1.807) is 27.2 Å². The van der Waals surface area contributed by atoms with Crippen LogP contribution in [0.1, 0.15) is 23.0 Å². The molecule has 1 aromatic heterocycles. The number of ether oxygens (including phenoxy) is 3. The lowest BCUT2D eigenvalue weighted by molar-refractivity contribution is -0.133. The van der Waals surface area contributed by atoms with Crippen LogP contribution in [0, 0.1) is 0 Å². The zero-order chi connectivity index (χ0) is 22.7. The maximum Gasteiger partial charge on any atom is 0.294 e. The summed E-state index contributed by atoms with van der Waals surface area (Å²) in [6.45, 7) is 2.37. The van der Waals surface area contributed by atoms with Crippen LogP contribution in [-0.4, -0.2) is 56.2 Å². The molecule has 168 valence electrons. The van der Waals surface area contributed by atoms with Gasteiger partial charge in [0, 0.05) is 25.8 Å². The summed E-state index contributed by atoms with van der Waals surface area (Å²) in [5, 5.41) is 3.63. The zero-order valence-electron chi connectivity index (χ0n) is 18.3. The molecular weight excluding hydrogens is 412 g/mol. The van der Waals surface area contributed by atoms with Crippen molar-refractivity contribution in [2.24, 2.45) is 0 Å². The van der Waals surface area contributed by atoms with E-state index in [2.05, 4.69) is 5.32 Å². The van der Waals surface area contributed by atoms with Gasteiger partial charge in [-0.2, -0.15) is 0 Å². The minimum absolute atomic E-state index is 0.0310. The number of methoxy groups -OCH3 is 2. The highest BCUT2D eigenvalue weighted by molar-refractivity contribution is 6.04. The molecule has 1 N–H and O–H groups in total. The molecule has 1 atom stereocenters. The predicted molar refractivity (Wildman–Crippen MR) is 118 cm³/mol. The molecular formula is C24H26N2O6. The van der Waals surface area contributed by atoms with E-state index in [9.17, 15) is 9.59 Å². The van der Waals surface area contributed by atoms with E-state index >= 15 is 0 Å². The molecule has 32 heavy (non-hydrogen) atoms. The summed E-state index contributed by atoms with van der Waals surface area (Å²) in [5.41, 5.74) is 0.108. The number of para-hydroxylation sites is 2. The van der Waals surface area contributed by atoms with Crippen molar-refractivity contribution in [3.8, 4) is 11.5 Å². The van der Waals surface area contributed by atoms with Crippen molar-refractivity contribution in [3.05, 3.63) is 59.9 Å². The maximum absolute atomic E-state index is 13.5. The fourth-order valence-electron chi connectivity index (χ4n) is 3.88. The van der Waals surface area contributed by atoms with Gasteiger partial charge in [-0.25, -0.2) is 0 Å². The number of furan rings is 1. The van der Waals surface area contributed by atoms with Crippen molar-refractivity contribution in [2.45, 2.75) is 19.0 Å². The number of nitrogens with one attached hydrogen (secondary N) is 1. The van der Waals surface area contributed by atoms with E-state index in [1.807, 2.05) is 42.5 Å². The monoisotopic (exact) mass is 438 g/mol. The summed E-state index contributed by atoms with van der Waals surface area (Å²) in [5.74, 6) is 0.355. The number of rotatable bonds is 7. The molecule has 8 nitrogen and oxygen atoms in total. The molecule has 0 saturated heterocycles. The third-order valence-corrected chi connectivity index (χ3v) is 5.72. The summed E-state index contributed by atoms with van der Waals surface area (Å²) in [4.78, 5) is 28.4. The highest BCUT2D eigenvalue weighted by Crippen LogP contribution is 2.38. The lowest BCUT2D eigenvalue weighted by atomic mass is 9.99. The number of carbonyl (C=O) groups is 2. The molecule has 1 aliphatic heterocycles. The number of carbonyl (C=O) groups excluding carboxylic acids is 2. The van der Waals surface area contributed by atoms with Crippen molar-refractivity contribution < 1.29 is 28.2 Å². The first-order valence-corrected chi connectivity index (χ1v) is 10.3. The Hall–Kier alpha value is -3.52. The van der Waals surface area contributed by atoms with Crippen molar-refractivity contribution in [1.82, 2.24) is 10.2 Å². The first-order valence-electron chi connectivity index (χ1n) is 10.3. The average Bonchev–Trinajstić information content (AvgIpc) is 3.15. The van der Waals surface area contributed by atoms with E-state index in [0.717, 1.165) is 5.56 Å². The lowest BCUT2D eigenvalue weighted by Gasteiger charge is -2.37. The molecule has 8 heteroatoms. The second-order valence-electron chi connectivity index (χ2n) is 7.76. The first kappa shape index (κ1) is 21.7. The van der Waals surface area contributed by atoms with Crippen molar-refractivity contribution in [3.63, 3.8) is 0 Å². The average molecular weight is 438 g/mol. The summed E-state index contributed by atoms with van der Waals surface area (Å²) < 4.78 is 22.4. The van der Waals surface area contributed by atoms with Crippen molar-refractivity contribution in [1.29, 1.82) is 0 Å². The zero-order valence-corrected chi connectivity index (χ0v) is 18.3. The molecule has 4 rings (SSSR count). The minimum atomic E-state index is -1.28. The maximum atomic E-state index is 13.5. The lowest BCUT2D eigenvalue weighted by Crippen LogP contribution is -2.61. The molecule has 0 fully saturated rings. The number of nitrogens with zero attached hydrogens (tertiary/aromatic N) is 1.